The smallest absolute Gasteiger partial charge is 0.396 e. The molecule has 0 spiro atoms. The lowest BCUT2D eigenvalue weighted by molar-refractivity contribution is -0.137. The van der Waals surface area contributed by atoms with Crippen LogP contribution >= 0.6 is 11.6 Å². The number of hydrogen-bond donors (Lipinski definition) is 1. The Morgan fingerprint density at radius 2 is 1.90 bits per heavy atom. The summed E-state index contributed by atoms with van der Waals surface area (Å²) in [4.78, 5) is 2.11. The molecule has 1 fully saturated rings. The summed E-state index contributed by atoms with van der Waals surface area (Å²) >= 11 is 5.60. The van der Waals surface area contributed by atoms with E-state index in [4.69, 9.17) is 16.7 Å². The van der Waals surface area contributed by atoms with Crippen LogP contribution in [0.1, 0.15) is 24.0 Å². The van der Waals surface area contributed by atoms with Gasteiger partial charge in [-0.05, 0) is 49.5 Å². The van der Waals surface area contributed by atoms with Crippen LogP contribution < -0.4 is 0 Å². The summed E-state index contributed by atoms with van der Waals surface area (Å²) in [6, 6.07) is 4.07. The predicted molar refractivity (Wildman–Crippen MR) is 71.5 cm³/mol. The molecule has 112 valence electrons. The molecule has 1 aliphatic rings. The van der Waals surface area contributed by atoms with Crippen molar-refractivity contribution in [3.8, 4) is 0 Å². The van der Waals surface area contributed by atoms with Crippen molar-refractivity contribution in [1.29, 1.82) is 0 Å². The Labute approximate surface area is 121 Å². The third kappa shape index (κ3) is 3.87. The first kappa shape index (κ1) is 15.6. The zero-order valence-corrected chi connectivity index (χ0v) is 11.7. The van der Waals surface area contributed by atoms with Crippen LogP contribution in [0.15, 0.2) is 18.2 Å². The van der Waals surface area contributed by atoms with E-state index in [9.17, 15) is 13.2 Å². The first-order chi connectivity index (χ1) is 9.40. The Morgan fingerprint density at radius 3 is 2.45 bits per heavy atom. The first-order valence-electron chi connectivity index (χ1n) is 6.59. The van der Waals surface area contributed by atoms with E-state index in [-0.39, 0.29) is 11.6 Å². The number of alkyl halides is 3. The Kier molecular flexibility index (Phi) is 4.94. The van der Waals surface area contributed by atoms with Crippen LogP contribution in [0.2, 0.25) is 5.02 Å². The standard InChI is InChI=1S/C14H17ClF3NO/c15-13-2-1-11(7-12(13)14(16,17)18)8-19-5-3-10(9-20)4-6-19/h1-2,7,10,20H,3-6,8-9H2. The van der Waals surface area contributed by atoms with Gasteiger partial charge in [-0.15, -0.1) is 0 Å². The molecule has 0 saturated carbocycles. The van der Waals surface area contributed by atoms with Crippen molar-refractivity contribution < 1.29 is 18.3 Å². The van der Waals surface area contributed by atoms with Crippen LogP contribution in [0.3, 0.4) is 0 Å². The molecule has 1 aliphatic heterocycles. The van der Waals surface area contributed by atoms with Gasteiger partial charge in [-0.3, -0.25) is 4.90 Å². The number of benzene rings is 1. The molecule has 2 rings (SSSR count). The third-order valence-corrected chi connectivity index (χ3v) is 4.04. The molecular weight excluding hydrogens is 291 g/mol. The van der Waals surface area contributed by atoms with Crippen molar-refractivity contribution in [1.82, 2.24) is 4.90 Å². The molecule has 1 heterocycles. The fraction of sp³-hybridized carbons (Fsp3) is 0.571. The van der Waals surface area contributed by atoms with Gasteiger partial charge in [-0.1, -0.05) is 17.7 Å². The van der Waals surface area contributed by atoms with E-state index >= 15 is 0 Å². The van der Waals surface area contributed by atoms with Gasteiger partial charge < -0.3 is 5.11 Å². The van der Waals surface area contributed by atoms with E-state index < -0.39 is 11.7 Å². The fourth-order valence-corrected chi connectivity index (χ4v) is 2.70. The Morgan fingerprint density at radius 1 is 1.25 bits per heavy atom. The second-order valence-corrected chi connectivity index (χ2v) is 5.62. The summed E-state index contributed by atoms with van der Waals surface area (Å²) < 4.78 is 38.3. The Bertz CT molecular complexity index is 456. The minimum Gasteiger partial charge on any atom is -0.396 e. The quantitative estimate of drug-likeness (QED) is 0.923. The largest absolute Gasteiger partial charge is 0.417 e. The van der Waals surface area contributed by atoms with Gasteiger partial charge in [0.2, 0.25) is 0 Å². The minimum absolute atomic E-state index is 0.188. The monoisotopic (exact) mass is 307 g/mol. The lowest BCUT2D eigenvalue weighted by Gasteiger charge is -2.31. The molecule has 0 aromatic heterocycles. The average molecular weight is 308 g/mol. The molecule has 1 aromatic rings. The number of hydrogen-bond acceptors (Lipinski definition) is 2. The van der Waals surface area contributed by atoms with Gasteiger partial charge in [0.05, 0.1) is 10.6 Å². The van der Waals surface area contributed by atoms with Gasteiger partial charge in [0.15, 0.2) is 0 Å². The molecule has 0 bridgehead atoms. The second kappa shape index (κ2) is 6.33. The number of halogens is 4. The van der Waals surface area contributed by atoms with Gasteiger partial charge in [-0.25, -0.2) is 0 Å². The Hall–Kier alpha value is -0.780. The normalized spacial score (nSPS) is 18.4. The van der Waals surface area contributed by atoms with Crippen LogP contribution in [0.25, 0.3) is 0 Å². The van der Waals surface area contributed by atoms with Crippen molar-refractivity contribution >= 4 is 11.6 Å². The molecule has 0 aliphatic carbocycles. The van der Waals surface area contributed by atoms with Gasteiger partial charge in [0.25, 0.3) is 0 Å². The zero-order chi connectivity index (χ0) is 14.8. The van der Waals surface area contributed by atoms with E-state index in [1.165, 1.54) is 6.07 Å². The molecule has 0 unspecified atom stereocenters. The predicted octanol–water partition coefficient (Wildman–Crippen LogP) is 3.56. The van der Waals surface area contributed by atoms with Gasteiger partial charge >= 0.3 is 6.18 Å². The number of nitrogens with zero attached hydrogens (tertiary/aromatic N) is 1. The molecular formula is C14H17ClF3NO. The summed E-state index contributed by atoms with van der Waals surface area (Å²) in [6.45, 7) is 2.27. The van der Waals surface area contributed by atoms with Crippen LogP contribution in [0.5, 0.6) is 0 Å². The van der Waals surface area contributed by atoms with Crippen LogP contribution in [-0.2, 0) is 12.7 Å². The summed E-state index contributed by atoms with van der Waals surface area (Å²) in [7, 11) is 0. The summed E-state index contributed by atoms with van der Waals surface area (Å²) in [5.74, 6) is 0.321. The minimum atomic E-state index is -4.42. The highest BCUT2D eigenvalue weighted by atomic mass is 35.5. The number of rotatable bonds is 3. The maximum Gasteiger partial charge on any atom is 0.417 e. The van der Waals surface area contributed by atoms with E-state index in [2.05, 4.69) is 4.90 Å². The highest BCUT2D eigenvalue weighted by molar-refractivity contribution is 6.31. The lowest BCUT2D eigenvalue weighted by Crippen LogP contribution is -2.34. The SMILES string of the molecule is OCC1CCN(Cc2ccc(Cl)c(C(F)(F)F)c2)CC1. The molecule has 1 saturated heterocycles. The molecule has 2 nitrogen and oxygen atoms in total. The summed E-state index contributed by atoms with van der Waals surface area (Å²) in [6.07, 6.45) is -2.65. The van der Waals surface area contributed by atoms with Crippen molar-refractivity contribution in [2.45, 2.75) is 25.6 Å². The van der Waals surface area contributed by atoms with Crippen LogP contribution in [0.4, 0.5) is 13.2 Å². The van der Waals surface area contributed by atoms with Crippen molar-refractivity contribution in [2.24, 2.45) is 5.92 Å². The van der Waals surface area contributed by atoms with E-state index in [1.54, 1.807) is 6.07 Å². The summed E-state index contributed by atoms with van der Waals surface area (Å²) in [5, 5.41) is 8.80. The maximum atomic E-state index is 12.8. The third-order valence-electron chi connectivity index (χ3n) is 3.71. The van der Waals surface area contributed by atoms with Gasteiger partial charge in [-0.2, -0.15) is 13.2 Å². The molecule has 0 atom stereocenters. The highest BCUT2D eigenvalue weighted by Crippen LogP contribution is 2.35. The van der Waals surface area contributed by atoms with Crippen LogP contribution in [-0.4, -0.2) is 29.7 Å². The molecule has 1 N–H and O–H groups in total. The van der Waals surface area contributed by atoms with Gasteiger partial charge in [0.1, 0.15) is 0 Å². The zero-order valence-electron chi connectivity index (χ0n) is 11.0. The first-order valence-corrected chi connectivity index (χ1v) is 6.97. The number of aliphatic hydroxyl groups excluding tert-OH is 1. The van der Waals surface area contributed by atoms with E-state index in [1.807, 2.05) is 0 Å². The maximum absolute atomic E-state index is 12.8. The Balaban J connectivity index is 2.04. The fourth-order valence-electron chi connectivity index (χ4n) is 2.47. The average Bonchev–Trinajstić information content (AvgIpc) is 2.40. The number of aliphatic hydroxyl groups is 1. The van der Waals surface area contributed by atoms with Crippen LogP contribution in [0, 0.1) is 5.92 Å². The van der Waals surface area contributed by atoms with E-state index in [0.717, 1.165) is 32.0 Å². The number of likely N-dealkylation sites (tertiary alicyclic amines) is 1. The molecule has 6 heteroatoms. The molecule has 20 heavy (non-hydrogen) atoms. The molecule has 1 aromatic carbocycles. The topological polar surface area (TPSA) is 23.5 Å². The summed E-state index contributed by atoms with van der Waals surface area (Å²) in [5.41, 5.74) is -0.161. The van der Waals surface area contributed by atoms with Crippen molar-refractivity contribution in [2.75, 3.05) is 19.7 Å². The lowest BCUT2D eigenvalue weighted by atomic mass is 9.97. The van der Waals surface area contributed by atoms with Crippen molar-refractivity contribution in [3.63, 3.8) is 0 Å². The van der Waals surface area contributed by atoms with Crippen molar-refractivity contribution in [3.05, 3.63) is 34.3 Å². The van der Waals surface area contributed by atoms with E-state index in [0.29, 0.717) is 18.0 Å². The second-order valence-electron chi connectivity index (χ2n) is 5.21. The van der Waals surface area contributed by atoms with Gasteiger partial charge in [0, 0.05) is 13.2 Å². The molecule has 0 radical (unpaired) electrons. The molecule has 0 amide bonds. The highest BCUT2D eigenvalue weighted by Gasteiger charge is 2.33. The number of piperidine rings is 1.